The minimum absolute atomic E-state index is 0.00643. The monoisotopic (exact) mass is 284 g/mol. The van der Waals surface area contributed by atoms with Gasteiger partial charge in [-0.1, -0.05) is 25.7 Å². The van der Waals surface area contributed by atoms with Gasteiger partial charge in [-0.05, 0) is 17.5 Å². The van der Waals surface area contributed by atoms with Crippen LogP contribution in [-0.2, 0) is 9.59 Å². The molecule has 1 saturated heterocycles. The molecule has 0 bridgehead atoms. The molecule has 21 heavy (non-hydrogen) atoms. The molecule has 108 valence electrons. The van der Waals surface area contributed by atoms with Crippen LogP contribution in [0.15, 0.2) is 18.3 Å². The van der Waals surface area contributed by atoms with Gasteiger partial charge in [-0.25, -0.2) is 9.88 Å². The molecule has 0 spiro atoms. The summed E-state index contributed by atoms with van der Waals surface area (Å²) in [5, 5.41) is 8.71. The maximum Gasteiger partial charge on any atom is 0.239 e. The largest absolute Gasteiger partial charge is 0.395 e. The molecule has 1 N–H and O–H groups in total. The number of fused-ring (bicyclic) bond motifs is 1. The van der Waals surface area contributed by atoms with Gasteiger partial charge in [0, 0.05) is 18.2 Å². The minimum Gasteiger partial charge on any atom is -0.395 e. The van der Waals surface area contributed by atoms with E-state index in [-0.39, 0.29) is 35.7 Å². The quantitative estimate of drug-likeness (QED) is 0.648. The number of pyridine rings is 1. The van der Waals surface area contributed by atoms with Crippen molar-refractivity contribution in [1.29, 1.82) is 0 Å². The Balaban J connectivity index is 1.86. The lowest BCUT2D eigenvalue weighted by atomic mass is 10.1. The molecular weight excluding hydrogens is 268 g/mol. The molecule has 2 fully saturated rings. The molecule has 5 nitrogen and oxygen atoms in total. The van der Waals surface area contributed by atoms with Crippen molar-refractivity contribution in [3.8, 4) is 11.8 Å². The lowest BCUT2D eigenvalue weighted by molar-refractivity contribution is -0.125. The average molecular weight is 284 g/mol. The second-order valence-corrected chi connectivity index (χ2v) is 5.97. The van der Waals surface area contributed by atoms with E-state index in [9.17, 15) is 9.59 Å². The second kappa shape index (κ2) is 4.68. The Labute approximate surface area is 123 Å². The number of rotatable bonds is 2. The molecule has 2 heterocycles. The van der Waals surface area contributed by atoms with Crippen LogP contribution in [0.2, 0.25) is 0 Å². The molecule has 3 rings (SSSR count). The normalized spacial score (nSPS) is 25.4. The average Bonchev–Trinajstić information content (AvgIpc) is 2.90. The number of nitrogens with zero attached hydrogens (tertiary/aromatic N) is 2. The number of imide groups is 1. The number of hydrogen-bond donors (Lipinski definition) is 1. The highest BCUT2D eigenvalue weighted by Crippen LogP contribution is 2.63. The summed E-state index contributed by atoms with van der Waals surface area (Å²) in [5.41, 5.74) is 0.456. The zero-order chi connectivity index (χ0) is 15.2. The van der Waals surface area contributed by atoms with Crippen LogP contribution in [0.25, 0.3) is 0 Å². The van der Waals surface area contributed by atoms with E-state index in [0.717, 1.165) is 0 Å². The third kappa shape index (κ3) is 2.03. The van der Waals surface area contributed by atoms with E-state index in [1.54, 1.807) is 12.1 Å². The molecule has 1 aromatic heterocycles. The Kier molecular flexibility index (Phi) is 3.07. The van der Waals surface area contributed by atoms with Gasteiger partial charge in [-0.2, -0.15) is 0 Å². The molecule has 0 radical (unpaired) electrons. The summed E-state index contributed by atoms with van der Waals surface area (Å²) in [6.07, 6.45) is 1.92. The fourth-order valence-electron chi connectivity index (χ4n) is 3.01. The van der Waals surface area contributed by atoms with Crippen molar-refractivity contribution < 1.29 is 14.7 Å². The lowest BCUT2D eigenvalue weighted by Crippen LogP contribution is -2.36. The molecule has 1 aliphatic heterocycles. The Morgan fingerprint density at radius 3 is 2.62 bits per heavy atom. The van der Waals surface area contributed by atoms with Crippen LogP contribution >= 0.6 is 0 Å². The fourth-order valence-corrected chi connectivity index (χ4v) is 3.01. The van der Waals surface area contributed by atoms with E-state index in [2.05, 4.69) is 16.8 Å². The smallest absolute Gasteiger partial charge is 0.239 e. The highest BCUT2D eigenvalue weighted by atomic mass is 16.3. The molecule has 1 aliphatic carbocycles. The Hall–Kier alpha value is -2.19. The van der Waals surface area contributed by atoms with Crippen molar-refractivity contribution in [1.82, 2.24) is 4.98 Å². The Morgan fingerprint density at radius 1 is 1.33 bits per heavy atom. The highest BCUT2D eigenvalue weighted by Gasteiger charge is 2.72. The third-order valence-electron chi connectivity index (χ3n) is 4.24. The molecule has 2 aliphatic rings. The number of aliphatic hydroxyl groups is 1. The van der Waals surface area contributed by atoms with Gasteiger partial charge in [0.2, 0.25) is 11.8 Å². The zero-order valence-electron chi connectivity index (χ0n) is 12.0. The predicted molar refractivity (Wildman–Crippen MR) is 76.1 cm³/mol. The van der Waals surface area contributed by atoms with E-state index in [1.165, 1.54) is 11.1 Å². The number of anilines is 1. The third-order valence-corrected chi connectivity index (χ3v) is 4.24. The van der Waals surface area contributed by atoms with Gasteiger partial charge in [0.15, 0.2) is 0 Å². The lowest BCUT2D eigenvalue weighted by Gasteiger charge is -2.19. The molecule has 5 heteroatoms. The van der Waals surface area contributed by atoms with E-state index >= 15 is 0 Å². The molecule has 0 aromatic carbocycles. The molecule has 1 aromatic rings. The second-order valence-electron chi connectivity index (χ2n) is 5.97. The number of carbonyl (C=O) groups is 2. The first kappa shape index (κ1) is 13.8. The maximum atomic E-state index is 12.3. The molecular formula is C16H16N2O3. The van der Waals surface area contributed by atoms with Gasteiger partial charge in [0.25, 0.3) is 0 Å². The first-order valence-electron chi connectivity index (χ1n) is 6.92. The van der Waals surface area contributed by atoms with E-state index in [1.807, 2.05) is 13.8 Å². The van der Waals surface area contributed by atoms with Gasteiger partial charge < -0.3 is 5.11 Å². The summed E-state index contributed by atoms with van der Waals surface area (Å²) < 4.78 is 0. The number of aromatic nitrogens is 1. The number of aliphatic hydroxyl groups excluding tert-OH is 1. The minimum atomic E-state index is -0.219. The van der Waals surface area contributed by atoms with Crippen LogP contribution in [0.3, 0.4) is 0 Å². The van der Waals surface area contributed by atoms with Crippen LogP contribution in [-0.4, -0.2) is 28.5 Å². The summed E-state index contributed by atoms with van der Waals surface area (Å²) >= 11 is 0. The van der Waals surface area contributed by atoms with Gasteiger partial charge in [-0.3, -0.25) is 9.59 Å². The number of amides is 2. The first-order chi connectivity index (χ1) is 9.98. The topological polar surface area (TPSA) is 70.5 Å². The van der Waals surface area contributed by atoms with Crippen LogP contribution in [0.4, 0.5) is 5.82 Å². The molecule has 1 saturated carbocycles. The highest BCUT2D eigenvalue weighted by molar-refractivity contribution is 6.25. The van der Waals surface area contributed by atoms with E-state index < -0.39 is 0 Å². The van der Waals surface area contributed by atoms with Crippen LogP contribution in [0, 0.1) is 29.1 Å². The van der Waals surface area contributed by atoms with E-state index in [0.29, 0.717) is 17.8 Å². The van der Waals surface area contributed by atoms with Gasteiger partial charge in [0.1, 0.15) is 5.82 Å². The summed E-state index contributed by atoms with van der Waals surface area (Å²) in [6, 6.07) is 3.35. The van der Waals surface area contributed by atoms with Crippen molar-refractivity contribution >= 4 is 17.6 Å². The number of hydrogen-bond acceptors (Lipinski definition) is 4. The molecule has 2 amide bonds. The SMILES string of the molecule is CC1(C)C2C(=O)N(c3cc(C#CCCO)ccn3)C(=O)C21. The van der Waals surface area contributed by atoms with Crippen LogP contribution in [0.1, 0.15) is 25.8 Å². The van der Waals surface area contributed by atoms with Gasteiger partial charge >= 0.3 is 0 Å². The number of carbonyl (C=O) groups excluding carboxylic acids is 2. The van der Waals surface area contributed by atoms with Crippen molar-refractivity contribution in [2.75, 3.05) is 11.5 Å². The first-order valence-corrected chi connectivity index (χ1v) is 6.92. The molecule has 2 unspecified atom stereocenters. The number of piperidine rings is 1. The maximum absolute atomic E-state index is 12.3. The van der Waals surface area contributed by atoms with Crippen LogP contribution in [0.5, 0.6) is 0 Å². The van der Waals surface area contributed by atoms with Crippen molar-refractivity contribution in [3.63, 3.8) is 0 Å². The van der Waals surface area contributed by atoms with Crippen molar-refractivity contribution in [2.24, 2.45) is 17.3 Å². The van der Waals surface area contributed by atoms with Crippen molar-refractivity contribution in [2.45, 2.75) is 20.3 Å². The predicted octanol–water partition coefficient (Wildman–Crippen LogP) is 0.961. The summed E-state index contributed by atoms with van der Waals surface area (Å²) in [5.74, 6) is 5.27. The Bertz CT molecular complexity index is 660. The van der Waals surface area contributed by atoms with Crippen molar-refractivity contribution in [3.05, 3.63) is 23.9 Å². The van der Waals surface area contributed by atoms with E-state index in [4.69, 9.17) is 5.11 Å². The summed E-state index contributed by atoms with van der Waals surface area (Å²) in [6.45, 7) is 3.89. The fraction of sp³-hybridized carbons (Fsp3) is 0.438. The zero-order valence-corrected chi connectivity index (χ0v) is 12.0. The van der Waals surface area contributed by atoms with Crippen LogP contribution < -0.4 is 4.90 Å². The molecule has 2 atom stereocenters. The summed E-state index contributed by atoms with van der Waals surface area (Å²) in [7, 11) is 0. The standard InChI is InChI=1S/C16H16N2O3/c1-16(2)12-13(16)15(21)18(14(12)20)11-9-10(6-7-17-11)5-3-4-8-19/h6-7,9,12-13,19H,4,8H2,1-2H3. The Morgan fingerprint density at radius 2 is 2.00 bits per heavy atom. The summed E-state index contributed by atoms with van der Waals surface area (Å²) in [4.78, 5) is 30.0. The van der Waals surface area contributed by atoms with Gasteiger partial charge in [0.05, 0.1) is 18.4 Å². The van der Waals surface area contributed by atoms with Gasteiger partial charge in [-0.15, -0.1) is 0 Å².